The molecule has 0 atom stereocenters. The Bertz CT molecular complexity index is 490. The Morgan fingerprint density at radius 1 is 1.44 bits per heavy atom. The van der Waals surface area contributed by atoms with Crippen LogP contribution < -0.4 is 5.43 Å². The van der Waals surface area contributed by atoms with E-state index in [1.54, 1.807) is 34.7 Å². The Morgan fingerprint density at radius 2 is 2.06 bits per heavy atom. The fourth-order valence-corrected chi connectivity index (χ4v) is 1.55. The van der Waals surface area contributed by atoms with Crippen molar-refractivity contribution < 1.29 is 9.50 Å². The summed E-state index contributed by atoms with van der Waals surface area (Å²) in [6.45, 7) is 0. The summed E-state index contributed by atoms with van der Waals surface area (Å²) < 4.78 is 13.2. The van der Waals surface area contributed by atoms with Crippen LogP contribution in [0.25, 0.3) is 0 Å². The third kappa shape index (κ3) is 2.81. The molecule has 0 saturated carbocycles. The summed E-state index contributed by atoms with van der Waals surface area (Å²) in [5, 5.41) is 29.7. The first-order valence-electron chi connectivity index (χ1n) is 3.90. The first-order valence-corrected chi connectivity index (χ1v) is 4.98. The van der Waals surface area contributed by atoms with Gasteiger partial charge in [0.15, 0.2) is 0 Å². The number of nitrogens with one attached hydrogen (secondary N) is 1. The SMILES string of the molecule is N#CC(C#N)=NNc1c(O)cc(F)cc1I. The smallest absolute Gasteiger partial charge is 0.237 e. The van der Waals surface area contributed by atoms with Gasteiger partial charge in [-0.05, 0) is 28.7 Å². The van der Waals surface area contributed by atoms with Crippen LogP contribution in [0.4, 0.5) is 10.1 Å². The second-order valence-electron chi connectivity index (χ2n) is 2.58. The molecule has 1 aromatic carbocycles. The molecule has 0 unspecified atom stereocenters. The van der Waals surface area contributed by atoms with Crippen LogP contribution in [0, 0.1) is 32.0 Å². The van der Waals surface area contributed by atoms with E-state index >= 15 is 0 Å². The van der Waals surface area contributed by atoms with Crippen molar-refractivity contribution in [1.82, 2.24) is 0 Å². The molecule has 16 heavy (non-hydrogen) atoms. The highest BCUT2D eigenvalue weighted by atomic mass is 127. The fourth-order valence-electron chi connectivity index (χ4n) is 0.858. The molecule has 0 saturated heterocycles. The maximum absolute atomic E-state index is 12.8. The van der Waals surface area contributed by atoms with Gasteiger partial charge in [-0.25, -0.2) is 4.39 Å². The van der Waals surface area contributed by atoms with E-state index in [1.165, 1.54) is 6.07 Å². The molecule has 0 fully saturated rings. The van der Waals surface area contributed by atoms with Crippen molar-refractivity contribution in [1.29, 1.82) is 10.5 Å². The Morgan fingerprint density at radius 3 is 2.56 bits per heavy atom. The first kappa shape index (κ1) is 12.2. The lowest BCUT2D eigenvalue weighted by atomic mass is 10.3. The molecule has 2 N–H and O–H groups in total. The maximum atomic E-state index is 12.8. The van der Waals surface area contributed by atoms with Gasteiger partial charge in [-0.1, -0.05) is 0 Å². The molecule has 5 nitrogen and oxygen atoms in total. The van der Waals surface area contributed by atoms with Crippen molar-refractivity contribution in [2.24, 2.45) is 5.10 Å². The van der Waals surface area contributed by atoms with Crippen molar-refractivity contribution in [3.05, 3.63) is 21.5 Å². The number of benzene rings is 1. The number of hydrogen-bond donors (Lipinski definition) is 2. The van der Waals surface area contributed by atoms with Gasteiger partial charge in [0.2, 0.25) is 5.71 Å². The lowest BCUT2D eigenvalue weighted by Crippen LogP contribution is -1.98. The van der Waals surface area contributed by atoms with Gasteiger partial charge in [0.25, 0.3) is 0 Å². The number of anilines is 1. The predicted molar refractivity (Wildman–Crippen MR) is 63.1 cm³/mol. The number of nitrogens with zero attached hydrogens (tertiary/aromatic N) is 3. The molecule has 0 aliphatic rings. The topological polar surface area (TPSA) is 92.2 Å². The minimum Gasteiger partial charge on any atom is -0.506 e. The van der Waals surface area contributed by atoms with Gasteiger partial charge in [0.1, 0.15) is 29.4 Å². The van der Waals surface area contributed by atoms with Crippen molar-refractivity contribution in [3.8, 4) is 17.9 Å². The number of nitriles is 2. The van der Waals surface area contributed by atoms with Crippen molar-refractivity contribution >= 4 is 34.0 Å². The van der Waals surface area contributed by atoms with Crippen LogP contribution in [-0.4, -0.2) is 10.8 Å². The molecule has 0 amide bonds. The highest BCUT2D eigenvalue weighted by Gasteiger charge is 2.08. The summed E-state index contributed by atoms with van der Waals surface area (Å²) in [5.74, 6) is -0.930. The van der Waals surface area contributed by atoms with Gasteiger partial charge < -0.3 is 5.11 Å². The van der Waals surface area contributed by atoms with Crippen molar-refractivity contribution in [2.75, 3.05) is 5.43 Å². The second kappa shape index (κ2) is 5.28. The van der Waals surface area contributed by atoms with E-state index in [9.17, 15) is 9.50 Å². The second-order valence-corrected chi connectivity index (χ2v) is 3.74. The zero-order chi connectivity index (χ0) is 12.1. The number of halogens is 2. The lowest BCUT2D eigenvalue weighted by molar-refractivity contribution is 0.470. The Labute approximate surface area is 104 Å². The molecule has 0 bridgehead atoms. The molecule has 0 heterocycles. The van der Waals surface area contributed by atoms with Crippen LogP contribution in [0.5, 0.6) is 5.75 Å². The van der Waals surface area contributed by atoms with E-state index < -0.39 is 5.82 Å². The monoisotopic (exact) mass is 330 g/mol. The number of phenolic OH excluding ortho intramolecular Hbond substituents is 1. The molecule has 80 valence electrons. The number of rotatable bonds is 2. The molecule has 0 aliphatic carbocycles. The normalized spacial score (nSPS) is 8.75. The number of hydrogen-bond acceptors (Lipinski definition) is 5. The van der Waals surface area contributed by atoms with E-state index in [0.717, 1.165) is 6.07 Å². The van der Waals surface area contributed by atoms with Crippen LogP contribution >= 0.6 is 22.6 Å². The van der Waals surface area contributed by atoms with Crippen LogP contribution in [0.1, 0.15) is 0 Å². The predicted octanol–water partition coefficient (Wildman–Crippen LogP) is 1.95. The summed E-state index contributed by atoms with van der Waals surface area (Å²) in [5.41, 5.74) is 2.08. The average Bonchev–Trinajstić information content (AvgIpc) is 2.22. The zero-order valence-electron chi connectivity index (χ0n) is 7.70. The van der Waals surface area contributed by atoms with E-state index in [0.29, 0.717) is 3.57 Å². The van der Waals surface area contributed by atoms with Gasteiger partial charge in [0.05, 0.1) is 0 Å². The first-order chi connectivity index (χ1) is 7.58. The fraction of sp³-hybridized carbons (Fsp3) is 0. The summed E-state index contributed by atoms with van der Waals surface area (Å²) in [6, 6.07) is 5.16. The van der Waals surface area contributed by atoms with Gasteiger partial charge in [-0.2, -0.15) is 15.6 Å². The van der Waals surface area contributed by atoms with E-state index in [-0.39, 0.29) is 17.1 Å². The Kier molecular flexibility index (Phi) is 4.03. The Balaban J connectivity index is 3.05. The molecule has 0 spiro atoms. The number of hydrazone groups is 1. The molecule has 0 aliphatic heterocycles. The molecule has 1 rings (SSSR count). The minimum atomic E-state index is -0.586. The van der Waals surface area contributed by atoms with Gasteiger partial charge in [-0.3, -0.25) is 5.43 Å². The minimum absolute atomic E-state index is 0.144. The van der Waals surface area contributed by atoms with Gasteiger partial charge >= 0.3 is 0 Å². The van der Waals surface area contributed by atoms with E-state index in [2.05, 4.69) is 10.5 Å². The molecule has 7 heteroatoms. The lowest BCUT2D eigenvalue weighted by Gasteiger charge is -2.05. The molecule has 1 aromatic rings. The maximum Gasteiger partial charge on any atom is 0.237 e. The molecular formula is C9H4FIN4O. The van der Waals surface area contributed by atoms with Crippen LogP contribution in [0.3, 0.4) is 0 Å². The summed E-state index contributed by atoms with van der Waals surface area (Å²) in [4.78, 5) is 0. The standard InChI is InChI=1S/C9H4FIN4O/c10-5-1-7(11)9(8(16)2-5)15-14-6(3-12)4-13/h1-2,15-16H. The summed E-state index contributed by atoms with van der Waals surface area (Å²) >= 11 is 1.78. The van der Waals surface area contributed by atoms with Gasteiger partial charge in [-0.15, -0.1) is 0 Å². The van der Waals surface area contributed by atoms with Crippen molar-refractivity contribution in [2.45, 2.75) is 0 Å². The highest BCUT2D eigenvalue weighted by molar-refractivity contribution is 14.1. The molecule has 0 aromatic heterocycles. The third-order valence-corrected chi connectivity index (χ3v) is 2.38. The molecular weight excluding hydrogens is 326 g/mol. The Hall–Kier alpha value is -1.87. The average molecular weight is 330 g/mol. The summed E-state index contributed by atoms with van der Waals surface area (Å²) in [6.07, 6.45) is 0. The van der Waals surface area contributed by atoms with Crippen LogP contribution in [-0.2, 0) is 0 Å². The number of phenols is 1. The number of aromatic hydroxyl groups is 1. The third-order valence-electron chi connectivity index (χ3n) is 1.53. The largest absolute Gasteiger partial charge is 0.506 e. The van der Waals surface area contributed by atoms with E-state index in [4.69, 9.17) is 10.5 Å². The van der Waals surface area contributed by atoms with E-state index in [1.807, 2.05) is 0 Å². The quantitative estimate of drug-likeness (QED) is 0.375. The zero-order valence-corrected chi connectivity index (χ0v) is 9.86. The van der Waals surface area contributed by atoms with Crippen LogP contribution in [0.15, 0.2) is 17.2 Å². The molecule has 0 radical (unpaired) electrons. The van der Waals surface area contributed by atoms with Crippen LogP contribution in [0.2, 0.25) is 0 Å². The van der Waals surface area contributed by atoms with Gasteiger partial charge in [0, 0.05) is 9.64 Å². The highest BCUT2D eigenvalue weighted by Crippen LogP contribution is 2.29. The summed E-state index contributed by atoms with van der Waals surface area (Å²) in [7, 11) is 0. The van der Waals surface area contributed by atoms with Crippen molar-refractivity contribution in [3.63, 3.8) is 0 Å².